The maximum absolute atomic E-state index is 13.3. The Morgan fingerprint density at radius 3 is 2.86 bits per heavy atom. The first kappa shape index (κ1) is 18.3. The molecule has 0 aliphatic rings. The maximum Gasteiger partial charge on any atom is 0.226 e. The number of aromatic nitrogens is 2. The number of carbonyl (C=O) groups is 1. The molecule has 0 aliphatic carbocycles. The van der Waals surface area contributed by atoms with Crippen LogP contribution in [0.4, 0.5) is 9.52 Å². The van der Waals surface area contributed by atoms with Gasteiger partial charge in [0.1, 0.15) is 5.82 Å². The SMILES string of the molecule is Cc1ccc(-c2cnc(CCC(=O)Nc3nc4ccc(F)cc4s3)o2)cc1C. The zero-order chi connectivity index (χ0) is 19.7. The Kier molecular flexibility index (Phi) is 4.92. The van der Waals surface area contributed by atoms with Gasteiger partial charge in [0.15, 0.2) is 16.8 Å². The number of nitrogens with one attached hydrogen (secondary N) is 1. The molecule has 0 saturated heterocycles. The third-order valence-electron chi connectivity index (χ3n) is 4.51. The first-order chi connectivity index (χ1) is 13.5. The summed E-state index contributed by atoms with van der Waals surface area (Å²) in [6.07, 6.45) is 2.28. The van der Waals surface area contributed by atoms with E-state index in [1.165, 1.54) is 34.6 Å². The number of carbonyl (C=O) groups excluding carboxylic acids is 1. The van der Waals surface area contributed by atoms with Crippen molar-refractivity contribution >= 4 is 32.6 Å². The van der Waals surface area contributed by atoms with Gasteiger partial charge in [0.2, 0.25) is 5.91 Å². The van der Waals surface area contributed by atoms with E-state index in [4.69, 9.17) is 4.42 Å². The van der Waals surface area contributed by atoms with Crippen LogP contribution in [-0.4, -0.2) is 15.9 Å². The van der Waals surface area contributed by atoms with Crippen LogP contribution >= 0.6 is 11.3 Å². The van der Waals surface area contributed by atoms with Crippen LogP contribution in [0.1, 0.15) is 23.4 Å². The molecule has 4 aromatic rings. The first-order valence-electron chi connectivity index (χ1n) is 8.86. The number of thiazole rings is 1. The molecule has 0 unspecified atom stereocenters. The van der Waals surface area contributed by atoms with E-state index in [1.807, 2.05) is 12.1 Å². The van der Waals surface area contributed by atoms with Crippen LogP contribution in [-0.2, 0) is 11.2 Å². The van der Waals surface area contributed by atoms with Gasteiger partial charge < -0.3 is 9.73 Å². The number of anilines is 1. The summed E-state index contributed by atoms with van der Waals surface area (Å²) in [6.45, 7) is 4.11. The summed E-state index contributed by atoms with van der Waals surface area (Å²) in [5.41, 5.74) is 4.03. The third kappa shape index (κ3) is 3.94. The van der Waals surface area contributed by atoms with Crippen LogP contribution in [0.25, 0.3) is 21.5 Å². The molecule has 0 bridgehead atoms. The number of benzene rings is 2. The summed E-state index contributed by atoms with van der Waals surface area (Å²) in [6, 6.07) is 10.5. The zero-order valence-electron chi connectivity index (χ0n) is 15.5. The normalized spacial score (nSPS) is 11.1. The minimum Gasteiger partial charge on any atom is -0.441 e. The highest BCUT2D eigenvalue weighted by atomic mass is 32.1. The van der Waals surface area contributed by atoms with Crippen molar-refractivity contribution in [2.75, 3.05) is 5.32 Å². The lowest BCUT2D eigenvalue weighted by atomic mass is 10.1. The molecule has 5 nitrogen and oxygen atoms in total. The predicted octanol–water partition coefficient (Wildman–Crippen LogP) is 5.28. The summed E-state index contributed by atoms with van der Waals surface area (Å²) in [5.74, 6) is 0.685. The van der Waals surface area contributed by atoms with Gasteiger partial charge >= 0.3 is 0 Å². The Balaban J connectivity index is 1.38. The van der Waals surface area contributed by atoms with Crippen molar-refractivity contribution in [2.45, 2.75) is 26.7 Å². The third-order valence-corrected chi connectivity index (χ3v) is 5.44. The largest absolute Gasteiger partial charge is 0.441 e. The van der Waals surface area contributed by atoms with E-state index in [2.05, 4.69) is 35.2 Å². The van der Waals surface area contributed by atoms with Gasteiger partial charge in [-0.3, -0.25) is 4.79 Å². The second kappa shape index (κ2) is 7.52. The molecular formula is C21H18FN3O2S. The molecular weight excluding hydrogens is 377 g/mol. The number of hydrogen-bond donors (Lipinski definition) is 1. The number of aryl methyl sites for hydroxylation is 3. The number of rotatable bonds is 5. The lowest BCUT2D eigenvalue weighted by Crippen LogP contribution is -2.12. The molecule has 2 aromatic carbocycles. The number of fused-ring (bicyclic) bond motifs is 1. The molecule has 2 heterocycles. The van der Waals surface area contributed by atoms with E-state index in [9.17, 15) is 9.18 Å². The van der Waals surface area contributed by atoms with Crippen molar-refractivity contribution in [3.8, 4) is 11.3 Å². The van der Waals surface area contributed by atoms with E-state index in [0.717, 1.165) is 5.56 Å². The van der Waals surface area contributed by atoms with E-state index in [-0.39, 0.29) is 18.1 Å². The topological polar surface area (TPSA) is 68.0 Å². The highest BCUT2D eigenvalue weighted by Crippen LogP contribution is 2.27. The van der Waals surface area contributed by atoms with Gasteiger partial charge in [-0.15, -0.1) is 0 Å². The minimum absolute atomic E-state index is 0.189. The molecule has 1 amide bonds. The molecule has 0 aliphatic heterocycles. The average Bonchev–Trinajstić information content (AvgIpc) is 3.28. The molecule has 142 valence electrons. The fourth-order valence-corrected chi connectivity index (χ4v) is 3.72. The van der Waals surface area contributed by atoms with Crippen molar-refractivity contribution in [1.82, 2.24) is 9.97 Å². The van der Waals surface area contributed by atoms with E-state index >= 15 is 0 Å². The first-order valence-corrected chi connectivity index (χ1v) is 9.68. The lowest BCUT2D eigenvalue weighted by molar-refractivity contribution is -0.116. The molecule has 0 radical (unpaired) electrons. The molecule has 0 spiro atoms. The lowest BCUT2D eigenvalue weighted by Gasteiger charge is -2.02. The second-order valence-corrected chi connectivity index (χ2v) is 7.63. The van der Waals surface area contributed by atoms with Gasteiger partial charge in [0, 0.05) is 18.4 Å². The van der Waals surface area contributed by atoms with E-state index in [1.54, 1.807) is 12.3 Å². The van der Waals surface area contributed by atoms with Gasteiger partial charge in [-0.05, 0) is 49.2 Å². The van der Waals surface area contributed by atoms with Crippen molar-refractivity contribution in [2.24, 2.45) is 0 Å². The molecule has 0 saturated carbocycles. The smallest absolute Gasteiger partial charge is 0.226 e. The Labute approximate surface area is 165 Å². The van der Waals surface area contributed by atoms with Crippen LogP contribution in [0.5, 0.6) is 0 Å². The summed E-state index contributed by atoms with van der Waals surface area (Å²) >= 11 is 1.24. The van der Waals surface area contributed by atoms with Crippen molar-refractivity contribution in [1.29, 1.82) is 0 Å². The predicted molar refractivity (Wildman–Crippen MR) is 108 cm³/mol. The van der Waals surface area contributed by atoms with E-state index in [0.29, 0.717) is 33.4 Å². The van der Waals surface area contributed by atoms with Gasteiger partial charge in [0.25, 0.3) is 0 Å². The molecule has 0 fully saturated rings. The highest BCUT2D eigenvalue weighted by Gasteiger charge is 2.12. The van der Waals surface area contributed by atoms with E-state index < -0.39 is 0 Å². The number of oxazole rings is 1. The van der Waals surface area contributed by atoms with Crippen molar-refractivity contribution in [3.05, 3.63) is 65.4 Å². The van der Waals surface area contributed by atoms with Crippen LogP contribution in [0.15, 0.2) is 47.0 Å². The molecule has 0 atom stereocenters. The van der Waals surface area contributed by atoms with Crippen LogP contribution in [0.3, 0.4) is 0 Å². The van der Waals surface area contributed by atoms with Crippen LogP contribution in [0.2, 0.25) is 0 Å². The Morgan fingerprint density at radius 2 is 2.04 bits per heavy atom. The van der Waals surface area contributed by atoms with Crippen molar-refractivity contribution < 1.29 is 13.6 Å². The van der Waals surface area contributed by atoms with Crippen LogP contribution < -0.4 is 5.32 Å². The standard InChI is InChI=1S/C21H18FN3O2S/c1-12-3-4-14(9-13(12)2)17-11-23-20(27-17)8-7-19(26)25-21-24-16-6-5-15(22)10-18(16)28-21/h3-6,9-11H,7-8H2,1-2H3,(H,24,25,26). The molecule has 1 N–H and O–H groups in total. The van der Waals surface area contributed by atoms with Crippen LogP contribution in [0, 0.1) is 19.7 Å². The number of halogens is 1. The quantitative estimate of drug-likeness (QED) is 0.499. The highest BCUT2D eigenvalue weighted by molar-refractivity contribution is 7.22. The Hall–Kier alpha value is -3.06. The zero-order valence-corrected chi connectivity index (χ0v) is 16.3. The van der Waals surface area contributed by atoms with Gasteiger partial charge in [-0.1, -0.05) is 23.5 Å². The summed E-state index contributed by atoms with van der Waals surface area (Å²) in [4.78, 5) is 20.8. The number of hydrogen-bond acceptors (Lipinski definition) is 5. The molecule has 7 heteroatoms. The van der Waals surface area contributed by atoms with Gasteiger partial charge in [-0.25, -0.2) is 14.4 Å². The summed E-state index contributed by atoms with van der Waals surface area (Å²) in [7, 11) is 0. The molecule has 28 heavy (non-hydrogen) atoms. The molecule has 2 aromatic heterocycles. The average molecular weight is 395 g/mol. The monoisotopic (exact) mass is 395 g/mol. The Bertz CT molecular complexity index is 1170. The second-order valence-electron chi connectivity index (χ2n) is 6.60. The number of amides is 1. The Morgan fingerprint density at radius 1 is 1.18 bits per heavy atom. The summed E-state index contributed by atoms with van der Waals surface area (Å²) in [5, 5.41) is 3.20. The maximum atomic E-state index is 13.3. The van der Waals surface area contributed by atoms with Gasteiger partial charge in [0.05, 0.1) is 16.4 Å². The fraction of sp³-hybridized carbons (Fsp3) is 0.190. The van der Waals surface area contributed by atoms with Gasteiger partial charge in [-0.2, -0.15) is 0 Å². The van der Waals surface area contributed by atoms with Crippen molar-refractivity contribution in [3.63, 3.8) is 0 Å². The molecule has 4 rings (SSSR count). The fourth-order valence-electron chi connectivity index (χ4n) is 2.81. The number of nitrogens with zero attached hydrogens (tertiary/aromatic N) is 2. The minimum atomic E-state index is -0.322. The summed E-state index contributed by atoms with van der Waals surface area (Å²) < 4.78 is 19.7.